The molecule has 2 atom stereocenters. The number of carbonyl (C=O) groups excluding carboxylic acids is 1. The van der Waals surface area contributed by atoms with Gasteiger partial charge >= 0.3 is 6.03 Å². The molecular formula is C14H23N3O2. The Morgan fingerprint density at radius 3 is 2.68 bits per heavy atom. The molecule has 1 rings (SSSR count). The number of urea groups is 1. The quantitative estimate of drug-likeness (QED) is 0.729. The molecule has 5 heteroatoms. The first kappa shape index (κ1) is 15.4. The van der Waals surface area contributed by atoms with Crippen molar-refractivity contribution in [3.63, 3.8) is 0 Å². The van der Waals surface area contributed by atoms with E-state index in [9.17, 15) is 4.79 Å². The number of pyridine rings is 1. The van der Waals surface area contributed by atoms with Gasteiger partial charge in [-0.1, -0.05) is 19.9 Å². The maximum absolute atomic E-state index is 11.6. The van der Waals surface area contributed by atoms with E-state index in [1.165, 1.54) is 0 Å². The van der Waals surface area contributed by atoms with Gasteiger partial charge in [-0.25, -0.2) is 4.79 Å². The van der Waals surface area contributed by atoms with E-state index in [1.807, 2.05) is 18.3 Å². The van der Waals surface area contributed by atoms with Gasteiger partial charge in [0.2, 0.25) is 0 Å². The molecule has 5 nitrogen and oxygen atoms in total. The highest BCUT2D eigenvalue weighted by Crippen LogP contribution is 2.22. The molecule has 0 bridgehead atoms. The Morgan fingerprint density at radius 2 is 2.16 bits per heavy atom. The van der Waals surface area contributed by atoms with Gasteiger partial charge < -0.3 is 15.7 Å². The van der Waals surface area contributed by atoms with Crippen LogP contribution in [0.1, 0.15) is 32.3 Å². The maximum atomic E-state index is 11.6. The molecule has 1 unspecified atom stereocenters. The first-order chi connectivity index (χ1) is 9.04. The van der Waals surface area contributed by atoms with Gasteiger partial charge in [0.05, 0.1) is 12.6 Å². The zero-order chi connectivity index (χ0) is 14.3. The van der Waals surface area contributed by atoms with Crippen molar-refractivity contribution < 1.29 is 9.90 Å². The van der Waals surface area contributed by atoms with E-state index in [4.69, 9.17) is 5.11 Å². The lowest BCUT2D eigenvalue weighted by molar-refractivity contribution is 0.219. The second-order valence-electron chi connectivity index (χ2n) is 5.07. The van der Waals surface area contributed by atoms with Crippen LogP contribution in [0.25, 0.3) is 0 Å². The van der Waals surface area contributed by atoms with Gasteiger partial charge in [0, 0.05) is 24.9 Å². The monoisotopic (exact) mass is 265 g/mol. The van der Waals surface area contributed by atoms with Crippen LogP contribution in [-0.4, -0.2) is 35.3 Å². The van der Waals surface area contributed by atoms with Crippen molar-refractivity contribution in [3.8, 4) is 0 Å². The van der Waals surface area contributed by atoms with E-state index in [0.717, 1.165) is 5.56 Å². The third kappa shape index (κ3) is 5.26. The van der Waals surface area contributed by atoms with E-state index in [2.05, 4.69) is 29.5 Å². The van der Waals surface area contributed by atoms with Gasteiger partial charge in [0.15, 0.2) is 0 Å². The summed E-state index contributed by atoms with van der Waals surface area (Å²) in [5.41, 5.74) is 1.12. The van der Waals surface area contributed by atoms with Crippen molar-refractivity contribution in [1.82, 2.24) is 15.6 Å². The van der Waals surface area contributed by atoms with Gasteiger partial charge in [-0.2, -0.15) is 0 Å². The second kappa shape index (κ2) is 7.74. The maximum Gasteiger partial charge on any atom is 0.315 e. The van der Waals surface area contributed by atoms with Crippen molar-refractivity contribution in [1.29, 1.82) is 0 Å². The molecule has 0 spiro atoms. The summed E-state index contributed by atoms with van der Waals surface area (Å²) in [5.74, 6) is 0.628. The Hall–Kier alpha value is -1.62. The molecule has 0 aliphatic carbocycles. The number of aliphatic hydroxyl groups is 1. The van der Waals surface area contributed by atoms with Crippen LogP contribution in [-0.2, 0) is 0 Å². The topological polar surface area (TPSA) is 74.2 Å². The molecule has 0 aromatic carbocycles. The summed E-state index contributed by atoms with van der Waals surface area (Å²) in [6.07, 6.45) is 3.57. The predicted molar refractivity (Wildman–Crippen MR) is 74.9 cm³/mol. The molecule has 1 aromatic rings. The number of aromatic nitrogens is 1. The van der Waals surface area contributed by atoms with Crippen molar-refractivity contribution >= 4 is 6.03 Å². The average molecular weight is 265 g/mol. The number of rotatable bonds is 6. The summed E-state index contributed by atoms with van der Waals surface area (Å²) in [7, 11) is 0. The number of carbonyl (C=O) groups is 1. The summed E-state index contributed by atoms with van der Waals surface area (Å²) in [6, 6.07) is 3.43. The summed E-state index contributed by atoms with van der Waals surface area (Å²) >= 11 is 0. The highest BCUT2D eigenvalue weighted by Gasteiger charge is 2.17. The van der Waals surface area contributed by atoms with Crippen LogP contribution >= 0.6 is 0 Å². The molecule has 106 valence electrons. The fraction of sp³-hybridized carbons (Fsp3) is 0.571. The smallest absolute Gasteiger partial charge is 0.315 e. The van der Waals surface area contributed by atoms with Crippen molar-refractivity contribution in [2.75, 3.05) is 13.2 Å². The van der Waals surface area contributed by atoms with Crippen LogP contribution in [0.5, 0.6) is 0 Å². The summed E-state index contributed by atoms with van der Waals surface area (Å²) in [5, 5.41) is 14.4. The molecule has 0 saturated carbocycles. The lowest BCUT2D eigenvalue weighted by atomic mass is 9.89. The number of hydrogen-bond donors (Lipinski definition) is 3. The zero-order valence-corrected chi connectivity index (χ0v) is 11.8. The van der Waals surface area contributed by atoms with Crippen molar-refractivity contribution in [2.24, 2.45) is 5.92 Å². The Morgan fingerprint density at radius 1 is 1.42 bits per heavy atom. The fourth-order valence-corrected chi connectivity index (χ4v) is 1.86. The molecule has 1 aromatic heterocycles. The lowest BCUT2D eigenvalue weighted by Gasteiger charge is -2.22. The Bertz CT molecular complexity index is 382. The minimum Gasteiger partial charge on any atom is -0.394 e. The van der Waals surface area contributed by atoms with E-state index in [1.54, 1.807) is 13.1 Å². The number of hydrogen-bond acceptors (Lipinski definition) is 3. The highest BCUT2D eigenvalue weighted by atomic mass is 16.3. The third-order valence-electron chi connectivity index (χ3n) is 3.05. The summed E-state index contributed by atoms with van der Waals surface area (Å²) in [4.78, 5) is 15.7. The molecule has 0 aliphatic rings. The third-order valence-corrected chi connectivity index (χ3v) is 3.05. The normalized spacial score (nSPS) is 13.9. The second-order valence-corrected chi connectivity index (χ2v) is 5.07. The molecular weight excluding hydrogens is 242 g/mol. The molecule has 19 heavy (non-hydrogen) atoms. The minimum absolute atomic E-state index is 0.0658. The Kier molecular flexibility index (Phi) is 6.29. The Balaban J connectivity index is 2.54. The summed E-state index contributed by atoms with van der Waals surface area (Å²) in [6.45, 7) is 6.47. The number of aliphatic hydroxyl groups excluding tert-OH is 1. The van der Waals surface area contributed by atoms with E-state index >= 15 is 0 Å². The van der Waals surface area contributed by atoms with Crippen LogP contribution in [0, 0.1) is 5.92 Å². The van der Waals surface area contributed by atoms with Crippen LogP contribution in [0.2, 0.25) is 0 Å². The predicted octanol–water partition coefficient (Wildman–Crippen LogP) is 1.50. The SMILES string of the molecule is CC(C)C(CNC(=O)N[C@@H](C)CO)c1cccnc1. The van der Waals surface area contributed by atoms with Gasteiger partial charge in [0.1, 0.15) is 0 Å². The zero-order valence-electron chi connectivity index (χ0n) is 11.8. The van der Waals surface area contributed by atoms with Crippen LogP contribution < -0.4 is 10.6 Å². The van der Waals surface area contributed by atoms with Crippen molar-refractivity contribution in [3.05, 3.63) is 30.1 Å². The van der Waals surface area contributed by atoms with Crippen LogP contribution in [0.4, 0.5) is 4.79 Å². The van der Waals surface area contributed by atoms with E-state index in [-0.39, 0.29) is 24.6 Å². The van der Waals surface area contributed by atoms with Gasteiger partial charge in [-0.15, -0.1) is 0 Å². The molecule has 2 amide bonds. The minimum atomic E-state index is -0.254. The van der Waals surface area contributed by atoms with Gasteiger partial charge in [-0.3, -0.25) is 4.98 Å². The first-order valence-corrected chi connectivity index (χ1v) is 6.59. The molecule has 0 fully saturated rings. The van der Waals surface area contributed by atoms with E-state index < -0.39 is 0 Å². The Labute approximate surface area is 114 Å². The molecule has 0 saturated heterocycles. The number of amides is 2. The first-order valence-electron chi connectivity index (χ1n) is 6.59. The van der Waals surface area contributed by atoms with Gasteiger partial charge in [-0.05, 0) is 24.5 Å². The largest absolute Gasteiger partial charge is 0.394 e. The molecule has 3 N–H and O–H groups in total. The van der Waals surface area contributed by atoms with E-state index in [0.29, 0.717) is 12.5 Å². The van der Waals surface area contributed by atoms with Crippen LogP contribution in [0.3, 0.4) is 0 Å². The lowest BCUT2D eigenvalue weighted by Crippen LogP contribution is -2.44. The fourth-order valence-electron chi connectivity index (χ4n) is 1.86. The number of nitrogens with zero attached hydrogens (tertiary/aromatic N) is 1. The standard InChI is InChI=1S/C14H23N3O2/c1-10(2)13(12-5-4-6-15-7-12)8-16-14(19)17-11(3)9-18/h4-7,10-11,13,18H,8-9H2,1-3H3,(H2,16,17,19)/t11-,13?/m0/s1. The van der Waals surface area contributed by atoms with Crippen molar-refractivity contribution in [2.45, 2.75) is 32.7 Å². The number of nitrogens with one attached hydrogen (secondary N) is 2. The van der Waals surface area contributed by atoms with Crippen LogP contribution in [0.15, 0.2) is 24.5 Å². The average Bonchev–Trinajstić information content (AvgIpc) is 2.39. The highest BCUT2D eigenvalue weighted by molar-refractivity contribution is 5.74. The van der Waals surface area contributed by atoms with Gasteiger partial charge in [0.25, 0.3) is 0 Å². The molecule has 0 aliphatic heterocycles. The molecule has 1 heterocycles. The summed E-state index contributed by atoms with van der Waals surface area (Å²) < 4.78 is 0. The molecule has 0 radical (unpaired) electrons.